The molecule has 1 fully saturated rings. The molecule has 6 heteroatoms. The Balaban J connectivity index is 1.80. The number of aromatic nitrogens is 2. The first kappa shape index (κ1) is 16.7. The highest BCUT2D eigenvalue weighted by Crippen LogP contribution is 2.19. The van der Waals surface area contributed by atoms with Gasteiger partial charge in [0.2, 0.25) is 11.9 Å². The van der Waals surface area contributed by atoms with Crippen LogP contribution in [-0.2, 0) is 4.79 Å². The van der Waals surface area contributed by atoms with E-state index in [1.165, 1.54) is 0 Å². The van der Waals surface area contributed by atoms with Crippen LogP contribution in [0.3, 0.4) is 0 Å². The lowest BCUT2D eigenvalue weighted by atomic mass is 9.97. The summed E-state index contributed by atoms with van der Waals surface area (Å²) in [5, 5.41) is 3.08. The van der Waals surface area contributed by atoms with Crippen molar-refractivity contribution in [2.45, 2.75) is 26.7 Å². The number of piperidine rings is 1. The van der Waals surface area contributed by atoms with Crippen molar-refractivity contribution in [1.29, 1.82) is 0 Å². The second kappa shape index (κ2) is 8.68. The van der Waals surface area contributed by atoms with Crippen LogP contribution in [0.25, 0.3) is 0 Å². The Labute approximate surface area is 132 Å². The lowest BCUT2D eigenvalue weighted by Crippen LogP contribution is -2.45. The molecule has 0 spiro atoms. The predicted octanol–water partition coefficient (Wildman–Crippen LogP) is 1.15. The van der Waals surface area contributed by atoms with Crippen molar-refractivity contribution in [3.05, 3.63) is 18.5 Å². The van der Waals surface area contributed by atoms with Gasteiger partial charge in [-0.3, -0.25) is 4.79 Å². The summed E-state index contributed by atoms with van der Waals surface area (Å²) in [7, 11) is 0. The van der Waals surface area contributed by atoms with Gasteiger partial charge in [0.1, 0.15) is 0 Å². The molecule has 1 amide bonds. The third-order valence-electron chi connectivity index (χ3n) is 4.25. The minimum atomic E-state index is 0.0364. The van der Waals surface area contributed by atoms with E-state index in [9.17, 15) is 4.79 Å². The molecule has 1 aromatic rings. The van der Waals surface area contributed by atoms with Crippen LogP contribution in [0.15, 0.2) is 18.5 Å². The van der Waals surface area contributed by atoms with Crippen LogP contribution in [0.1, 0.15) is 26.7 Å². The fourth-order valence-electron chi connectivity index (χ4n) is 2.85. The summed E-state index contributed by atoms with van der Waals surface area (Å²) in [5.74, 6) is 0.921. The van der Waals surface area contributed by atoms with E-state index in [1.807, 2.05) is 6.07 Å². The molecule has 0 bridgehead atoms. The molecule has 22 heavy (non-hydrogen) atoms. The van der Waals surface area contributed by atoms with Crippen LogP contribution < -0.4 is 10.2 Å². The average Bonchev–Trinajstić information content (AvgIpc) is 2.59. The van der Waals surface area contributed by atoms with Gasteiger partial charge in [-0.05, 0) is 32.0 Å². The van der Waals surface area contributed by atoms with E-state index in [4.69, 9.17) is 0 Å². The first-order valence-electron chi connectivity index (χ1n) is 8.26. The van der Waals surface area contributed by atoms with Crippen molar-refractivity contribution in [1.82, 2.24) is 20.2 Å². The number of carbonyl (C=O) groups is 1. The zero-order chi connectivity index (χ0) is 15.8. The molecular weight excluding hydrogens is 278 g/mol. The number of anilines is 1. The smallest absolute Gasteiger partial charge is 0.225 e. The normalized spacial score (nSPS) is 18.5. The van der Waals surface area contributed by atoms with Crippen LogP contribution >= 0.6 is 0 Å². The monoisotopic (exact) mass is 305 g/mol. The number of carbonyl (C=O) groups excluding carboxylic acids is 1. The molecule has 0 saturated carbocycles. The fraction of sp³-hybridized carbons (Fsp3) is 0.688. The van der Waals surface area contributed by atoms with E-state index < -0.39 is 0 Å². The molecule has 1 unspecified atom stereocenters. The zero-order valence-corrected chi connectivity index (χ0v) is 13.7. The minimum Gasteiger partial charge on any atom is -0.355 e. The summed E-state index contributed by atoms with van der Waals surface area (Å²) in [6.07, 6.45) is 5.44. The summed E-state index contributed by atoms with van der Waals surface area (Å²) in [6.45, 7) is 9.60. The van der Waals surface area contributed by atoms with Crippen molar-refractivity contribution in [3.8, 4) is 0 Å². The van der Waals surface area contributed by atoms with Gasteiger partial charge in [-0.25, -0.2) is 9.97 Å². The molecule has 0 aromatic carbocycles. The van der Waals surface area contributed by atoms with Gasteiger partial charge >= 0.3 is 0 Å². The van der Waals surface area contributed by atoms with E-state index in [0.717, 1.165) is 51.5 Å². The van der Waals surface area contributed by atoms with Gasteiger partial charge < -0.3 is 15.1 Å². The van der Waals surface area contributed by atoms with Gasteiger partial charge in [-0.15, -0.1) is 0 Å². The first-order valence-corrected chi connectivity index (χ1v) is 8.26. The average molecular weight is 305 g/mol. The molecule has 1 aromatic heterocycles. The Hall–Kier alpha value is -1.69. The van der Waals surface area contributed by atoms with Crippen LogP contribution in [-0.4, -0.2) is 60.0 Å². The molecule has 2 heterocycles. The number of likely N-dealkylation sites (N-methyl/N-ethyl adjacent to an activating group) is 1. The van der Waals surface area contributed by atoms with E-state index in [0.29, 0.717) is 6.54 Å². The topological polar surface area (TPSA) is 61.4 Å². The van der Waals surface area contributed by atoms with Crippen molar-refractivity contribution < 1.29 is 4.79 Å². The van der Waals surface area contributed by atoms with Crippen LogP contribution in [0.5, 0.6) is 0 Å². The van der Waals surface area contributed by atoms with Crippen molar-refractivity contribution >= 4 is 11.9 Å². The highest BCUT2D eigenvalue weighted by Gasteiger charge is 2.26. The van der Waals surface area contributed by atoms with E-state index in [2.05, 4.69) is 38.9 Å². The van der Waals surface area contributed by atoms with Crippen LogP contribution in [0, 0.1) is 5.92 Å². The number of hydrogen-bond donors (Lipinski definition) is 1. The van der Waals surface area contributed by atoms with E-state index in [1.54, 1.807) is 12.4 Å². The molecule has 1 atom stereocenters. The predicted molar refractivity (Wildman–Crippen MR) is 87.8 cm³/mol. The number of amides is 1. The molecule has 1 aliphatic rings. The number of nitrogens with one attached hydrogen (secondary N) is 1. The van der Waals surface area contributed by atoms with Gasteiger partial charge in [0.25, 0.3) is 0 Å². The molecule has 0 radical (unpaired) electrons. The molecule has 1 saturated heterocycles. The standard InChI is InChI=1S/C16H27N5O/c1-3-20(4-2)12-10-17-15(22)14-7-5-11-21(13-14)16-18-8-6-9-19-16/h6,8-9,14H,3-5,7,10-13H2,1-2H3,(H,17,22). The molecule has 6 nitrogen and oxygen atoms in total. The Bertz CT molecular complexity index is 449. The van der Waals surface area contributed by atoms with Crippen LogP contribution in [0.4, 0.5) is 5.95 Å². The Morgan fingerprint density at radius 2 is 2.09 bits per heavy atom. The maximum Gasteiger partial charge on any atom is 0.225 e. The molecular formula is C16H27N5O. The maximum absolute atomic E-state index is 12.3. The highest BCUT2D eigenvalue weighted by atomic mass is 16.1. The Morgan fingerprint density at radius 3 is 2.77 bits per heavy atom. The summed E-state index contributed by atoms with van der Waals surface area (Å²) >= 11 is 0. The van der Waals surface area contributed by atoms with Gasteiger partial charge in [0, 0.05) is 38.6 Å². The molecule has 1 N–H and O–H groups in total. The molecule has 1 aliphatic heterocycles. The first-order chi connectivity index (χ1) is 10.7. The minimum absolute atomic E-state index is 0.0364. The Morgan fingerprint density at radius 1 is 1.36 bits per heavy atom. The zero-order valence-electron chi connectivity index (χ0n) is 13.7. The third-order valence-corrected chi connectivity index (χ3v) is 4.25. The van der Waals surface area contributed by atoms with Gasteiger partial charge in [-0.1, -0.05) is 13.8 Å². The van der Waals surface area contributed by atoms with Gasteiger partial charge in [-0.2, -0.15) is 0 Å². The summed E-state index contributed by atoms with van der Waals surface area (Å²) < 4.78 is 0. The fourth-order valence-corrected chi connectivity index (χ4v) is 2.85. The van der Waals surface area contributed by atoms with Crippen LogP contribution in [0.2, 0.25) is 0 Å². The summed E-state index contributed by atoms with van der Waals surface area (Å²) in [4.78, 5) is 25.3. The quantitative estimate of drug-likeness (QED) is 0.819. The summed E-state index contributed by atoms with van der Waals surface area (Å²) in [5.41, 5.74) is 0. The van der Waals surface area contributed by atoms with Crippen molar-refractivity contribution in [2.24, 2.45) is 5.92 Å². The van der Waals surface area contributed by atoms with E-state index in [-0.39, 0.29) is 11.8 Å². The lowest BCUT2D eigenvalue weighted by molar-refractivity contribution is -0.125. The van der Waals surface area contributed by atoms with Gasteiger partial charge in [0.05, 0.1) is 5.92 Å². The molecule has 2 rings (SSSR count). The Kier molecular flexibility index (Phi) is 6.58. The highest BCUT2D eigenvalue weighted by molar-refractivity contribution is 5.79. The number of rotatable bonds is 7. The third kappa shape index (κ3) is 4.66. The SMILES string of the molecule is CCN(CC)CCNC(=O)C1CCCN(c2ncccn2)C1. The number of nitrogens with zero attached hydrogens (tertiary/aromatic N) is 4. The van der Waals surface area contributed by atoms with Crippen molar-refractivity contribution in [2.75, 3.05) is 44.2 Å². The second-order valence-corrected chi connectivity index (χ2v) is 5.65. The lowest BCUT2D eigenvalue weighted by Gasteiger charge is -2.32. The molecule has 122 valence electrons. The maximum atomic E-state index is 12.3. The van der Waals surface area contributed by atoms with Gasteiger partial charge in [0.15, 0.2) is 0 Å². The molecule has 0 aliphatic carbocycles. The largest absolute Gasteiger partial charge is 0.355 e. The summed E-state index contributed by atoms with van der Waals surface area (Å²) in [6, 6.07) is 1.81. The van der Waals surface area contributed by atoms with Crippen molar-refractivity contribution in [3.63, 3.8) is 0 Å². The number of hydrogen-bond acceptors (Lipinski definition) is 5. The van der Waals surface area contributed by atoms with E-state index >= 15 is 0 Å². The second-order valence-electron chi connectivity index (χ2n) is 5.65.